The molecule has 1 heterocycles. The fourth-order valence-electron chi connectivity index (χ4n) is 3.05. The number of thioether (sulfide) groups is 1. The molecular weight excluding hydrogens is 561 g/mol. The number of amidine groups is 1. The number of aliphatic imine (C=N–C) groups is 1. The number of primary amides is 1. The summed E-state index contributed by atoms with van der Waals surface area (Å²) in [5, 5.41) is 1.61. The molecule has 4 rings (SSSR count). The van der Waals surface area contributed by atoms with Gasteiger partial charge in [-0.1, -0.05) is 39.1 Å². The summed E-state index contributed by atoms with van der Waals surface area (Å²) in [6, 6.07) is 19.2. The summed E-state index contributed by atoms with van der Waals surface area (Å²) in [6.45, 7) is -0.279. The summed E-state index contributed by atoms with van der Waals surface area (Å²) < 4.78 is 6.31. The van der Waals surface area contributed by atoms with Crippen LogP contribution in [0.5, 0.6) is 5.75 Å². The number of hydrogen-bond donors (Lipinski definition) is 1. The third kappa shape index (κ3) is 5.82. The van der Waals surface area contributed by atoms with Crippen LogP contribution in [0.2, 0.25) is 10.0 Å². The smallest absolute Gasteiger partial charge is 0.271 e. The van der Waals surface area contributed by atoms with Gasteiger partial charge in [-0.2, -0.15) is 0 Å². The van der Waals surface area contributed by atoms with Gasteiger partial charge in [0, 0.05) is 20.1 Å². The van der Waals surface area contributed by atoms with E-state index < -0.39 is 5.91 Å². The molecule has 1 saturated heterocycles. The highest BCUT2D eigenvalue weighted by Gasteiger charge is 2.35. The largest absolute Gasteiger partial charge is 0.483 e. The highest BCUT2D eigenvalue weighted by molar-refractivity contribution is 9.10. The Balaban J connectivity index is 1.76. The lowest BCUT2D eigenvalue weighted by molar-refractivity contribution is -0.120. The highest BCUT2D eigenvalue weighted by atomic mass is 79.9. The summed E-state index contributed by atoms with van der Waals surface area (Å²) in [7, 11) is 0. The lowest BCUT2D eigenvalue weighted by Gasteiger charge is -2.15. The van der Waals surface area contributed by atoms with Gasteiger partial charge in [0.1, 0.15) is 5.75 Å². The fraction of sp³-hybridized carbons (Fsp3) is 0.0417. The molecule has 0 aliphatic carbocycles. The molecule has 172 valence electrons. The molecule has 0 bridgehead atoms. The van der Waals surface area contributed by atoms with Crippen molar-refractivity contribution in [2.45, 2.75) is 0 Å². The van der Waals surface area contributed by atoms with Crippen LogP contribution >= 0.6 is 50.9 Å². The van der Waals surface area contributed by atoms with Crippen LogP contribution in [-0.2, 0) is 9.59 Å². The standard InChI is InChI=1S/C24H16BrCl2N3O3S/c25-15-1-10-20(33-13-22(28)31)14(11-15)12-21-23(32)30(19-8-4-17(27)5-9-19)24(34-21)29-18-6-2-16(26)3-7-18/h1-12H,13H2,(H2,28,31)/b21-12-,29-24?. The van der Waals surface area contributed by atoms with Gasteiger partial charge in [-0.3, -0.25) is 14.5 Å². The molecule has 0 spiro atoms. The Morgan fingerprint density at radius 2 is 1.71 bits per heavy atom. The number of carbonyl (C=O) groups excluding carboxylic acids is 2. The number of ether oxygens (including phenoxy) is 1. The molecular formula is C24H16BrCl2N3O3S. The average Bonchev–Trinajstić information content (AvgIpc) is 3.10. The number of rotatable bonds is 6. The Bertz CT molecular complexity index is 1310. The van der Waals surface area contributed by atoms with Crippen LogP contribution in [0, 0.1) is 0 Å². The van der Waals surface area contributed by atoms with Gasteiger partial charge in [0.05, 0.1) is 16.3 Å². The van der Waals surface area contributed by atoms with Crippen molar-refractivity contribution in [3.05, 3.63) is 91.7 Å². The van der Waals surface area contributed by atoms with Gasteiger partial charge < -0.3 is 10.5 Å². The van der Waals surface area contributed by atoms with E-state index in [1.807, 2.05) is 0 Å². The molecule has 1 aliphatic heterocycles. The zero-order valence-corrected chi connectivity index (χ0v) is 21.3. The third-order valence-corrected chi connectivity index (χ3v) is 6.54. The minimum absolute atomic E-state index is 0.263. The number of amides is 2. The molecule has 3 aromatic rings. The Kier molecular flexibility index (Phi) is 7.63. The monoisotopic (exact) mass is 575 g/mol. The van der Waals surface area contributed by atoms with E-state index in [9.17, 15) is 9.59 Å². The van der Waals surface area contributed by atoms with Gasteiger partial charge in [0.15, 0.2) is 11.8 Å². The second-order valence-electron chi connectivity index (χ2n) is 7.04. The number of nitrogens with two attached hydrogens (primary N) is 1. The number of nitrogens with zero attached hydrogens (tertiary/aromatic N) is 2. The molecule has 34 heavy (non-hydrogen) atoms. The van der Waals surface area contributed by atoms with Crippen LogP contribution in [-0.4, -0.2) is 23.6 Å². The summed E-state index contributed by atoms with van der Waals surface area (Å²) in [4.78, 5) is 31.3. The van der Waals surface area contributed by atoms with E-state index in [0.29, 0.717) is 42.8 Å². The Labute approximate surface area is 218 Å². The SMILES string of the molecule is NC(=O)COc1ccc(Br)cc1/C=C1\SC(=Nc2ccc(Cl)cc2)N(c2ccc(Cl)cc2)C1=O. The molecule has 1 fully saturated rings. The summed E-state index contributed by atoms with van der Waals surface area (Å²) in [5.41, 5.74) is 7.09. The van der Waals surface area contributed by atoms with Crippen molar-refractivity contribution in [1.29, 1.82) is 0 Å². The quantitative estimate of drug-likeness (QED) is 0.343. The lowest BCUT2D eigenvalue weighted by Crippen LogP contribution is -2.28. The summed E-state index contributed by atoms with van der Waals surface area (Å²) in [5.74, 6) is -0.441. The molecule has 10 heteroatoms. The van der Waals surface area contributed by atoms with Crippen LogP contribution in [0.15, 0.2) is 81.1 Å². The number of anilines is 1. The van der Waals surface area contributed by atoms with Crippen molar-refractivity contribution in [3.8, 4) is 5.75 Å². The van der Waals surface area contributed by atoms with Gasteiger partial charge >= 0.3 is 0 Å². The van der Waals surface area contributed by atoms with Crippen molar-refractivity contribution >= 4 is 85.3 Å². The van der Waals surface area contributed by atoms with E-state index in [-0.39, 0.29) is 12.5 Å². The predicted octanol–water partition coefficient (Wildman–Crippen LogP) is 6.43. The van der Waals surface area contributed by atoms with Crippen molar-refractivity contribution in [2.24, 2.45) is 10.7 Å². The van der Waals surface area contributed by atoms with Gasteiger partial charge in [0.25, 0.3) is 11.8 Å². The van der Waals surface area contributed by atoms with Gasteiger partial charge in [-0.05, 0) is 84.6 Å². The van der Waals surface area contributed by atoms with E-state index >= 15 is 0 Å². The van der Waals surface area contributed by atoms with Crippen LogP contribution in [0.3, 0.4) is 0 Å². The molecule has 0 radical (unpaired) electrons. The van der Waals surface area contributed by atoms with E-state index in [4.69, 9.17) is 33.7 Å². The Hall–Kier alpha value is -2.78. The molecule has 0 atom stereocenters. The topological polar surface area (TPSA) is 85.0 Å². The van der Waals surface area contributed by atoms with Gasteiger partial charge in [-0.15, -0.1) is 0 Å². The number of halogens is 3. The summed E-state index contributed by atoms with van der Waals surface area (Å²) in [6.07, 6.45) is 1.70. The molecule has 1 aliphatic rings. The number of benzene rings is 3. The van der Waals surface area contributed by atoms with Crippen molar-refractivity contribution in [2.75, 3.05) is 11.5 Å². The highest BCUT2D eigenvalue weighted by Crippen LogP contribution is 2.39. The minimum Gasteiger partial charge on any atom is -0.483 e. The van der Waals surface area contributed by atoms with Gasteiger partial charge in [-0.25, -0.2) is 4.99 Å². The van der Waals surface area contributed by atoms with E-state index in [1.54, 1.807) is 72.8 Å². The minimum atomic E-state index is -0.598. The summed E-state index contributed by atoms with van der Waals surface area (Å²) >= 11 is 16.7. The normalized spacial score (nSPS) is 15.9. The first-order valence-electron chi connectivity index (χ1n) is 9.84. The zero-order chi connectivity index (χ0) is 24.2. The first-order chi connectivity index (χ1) is 16.3. The molecule has 0 aromatic heterocycles. The second-order valence-corrected chi connectivity index (χ2v) is 9.83. The van der Waals surface area contributed by atoms with Crippen LogP contribution in [0.4, 0.5) is 11.4 Å². The van der Waals surface area contributed by atoms with E-state index in [2.05, 4.69) is 20.9 Å². The first kappa shape index (κ1) is 24.3. The van der Waals surface area contributed by atoms with Crippen LogP contribution < -0.4 is 15.4 Å². The molecule has 0 saturated carbocycles. The maximum Gasteiger partial charge on any atom is 0.271 e. The Morgan fingerprint density at radius 1 is 1.06 bits per heavy atom. The van der Waals surface area contributed by atoms with Crippen molar-refractivity contribution in [1.82, 2.24) is 0 Å². The number of carbonyl (C=O) groups is 2. The first-order valence-corrected chi connectivity index (χ1v) is 12.2. The van der Waals surface area contributed by atoms with Crippen molar-refractivity contribution in [3.63, 3.8) is 0 Å². The molecule has 0 unspecified atom stereocenters. The second kappa shape index (κ2) is 10.7. The van der Waals surface area contributed by atoms with Gasteiger partial charge in [0.2, 0.25) is 0 Å². The predicted molar refractivity (Wildman–Crippen MR) is 142 cm³/mol. The fourth-order valence-corrected chi connectivity index (χ4v) is 4.67. The maximum absolute atomic E-state index is 13.5. The molecule has 2 amide bonds. The van der Waals surface area contributed by atoms with Crippen LogP contribution in [0.1, 0.15) is 5.56 Å². The van der Waals surface area contributed by atoms with Crippen LogP contribution in [0.25, 0.3) is 6.08 Å². The van der Waals surface area contributed by atoms with E-state index in [1.165, 1.54) is 16.7 Å². The zero-order valence-electron chi connectivity index (χ0n) is 17.4. The lowest BCUT2D eigenvalue weighted by atomic mass is 10.2. The molecule has 3 aromatic carbocycles. The molecule has 6 nitrogen and oxygen atoms in total. The molecule has 2 N–H and O–H groups in total. The average molecular weight is 577 g/mol. The number of hydrogen-bond acceptors (Lipinski definition) is 5. The Morgan fingerprint density at radius 3 is 2.35 bits per heavy atom. The maximum atomic E-state index is 13.5. The van der Waals surface area contributed by atoms with E-state index in [0.717, 1.165) is 4.47 Å². The van der Waals surface area contributed by atoms with Crippen molar-refractivity contribution < 1.29 is 14.3 Å². The third-order valence-electron chi connectivity index (χ3n) is 4.57.